The molecule has 9 rings (SSSR count). The van der Waals surface area contributed by atoms with Crippen LogP contribution in [-0.4, -0.2) is 0 Å². The molecular formula is C44H30NOPS. The summed E-state index contributed by atoms with van der Waals surface area (Å²) in [5.41, 5.74) is 5.75. The maximum atomic E-state index is 14.9. The topological polar surface area (TPSA) is 20.3 Å². The Balaban J connectivity index is 1.16. The molecule has 1 aliphatic heterocycles. The Kier molecular flexibility index (Phi) is 7.04. The molecule has 0 aromatic heterocycles. The molecule has 0 radical (unpaired) electrons. The van der Waals surface area contributed by atoms with Crippen LogP contribution in [0.5, 0.6) is 0 Å². The van der Waals surface area contributed by atoms with Gasteiger partial charge < -0.3 is 9.46 Å². The van der Waals surface area contributed by atoms with Crippen molar-refractivity contribution in [2.75, 3.05) is 4.90 Å². The zero-order chi connectivity index (χ0) is 32.1. The first-order valence-corrected chi connectivity index (χ1v) is 18.6. The SMILES string of the molecule is O=P(c1ccccc1)(c1ccccc1)c1ccc(-c2ccc3c(c2)Sc2ccccc2N3c2cc3ccccc3c3ccccc23)cc1. The van der Waals surface area contributed by atoms with Crippen molar-refractivity contribution >= 4 is 73.4 Å². The van der Waals surface area contributed by atoms with Gasteiger partial charge >= 0.3 is 0 Å². The first-order chi connectivity index (χ1) is 23.7. The summed E-state index contributed by atoms with van der Waals surface area (Å²) in [6.45, 7) is 0. The van der Waals surface area contributed by atoms with E-state index in [1.807, 2.05) is 84.6 Å². The van der Waals surface area contributed by atoms with Crippen LogP contribution in [0.2, 0.25) is 0 Å². The Morgan fingerprint density at radius 3 is 1.67 bits per heavy atom. The van der Waals surface area contributed by atoms with Crippen LogP contribution in [0.1, 0.15) is 0 Å². The van der Waals surface area contributed by atoms with Gasteiger partial charge in [0, 0.05) is 31.1 Å². The summed E-state index contributed by atoms with van der Waals surface area (Å²) in [6.07, 6.45) is 0. The molecule has 0 unspecified atom stereocenters. The van der Waals surface area contributed by atoms with E-state index in [9.17, 15) is 4.57 Å². The summed E-state index contributed by atoms with van der Waals surface area (Å²) in [6, 6.07) is 63.2. The van der Waals surface area contributed by atoms with Crippen LogP contribution in [0.4, 0.5) is 17.1 Å². The minimum absolute atomic E-state index is 0.833. The monoisotopic (exact) mass is 651 g/mol. The van der Waals surface area contributed by atoms with Crippen LogP contribution in [0, 0.1) is 0 Å². The van der Waals surface area contributed by atoms with Crippen LogP contribution in [0.3, 0.4) is 0 Å². The zero-order valence-corrected chi connectivity index (χ0v) is 27.7. The van der Waals surface area contributed by atoms with E-state index >= 15 is 0 Å². The first kappa shape index (κ1) is 28.8. The highest BCUT2D eigenvalue weighted by Crippen LogP contribution is 2.54. The van der Waals surface area contributed by atoms with E-state index in [0.29, 0.717) is 0 Å². The molecule has 48 heavy (non-hydrogen) atoms. The molecule has 0 spiro atoms. The molecule has 0 aliphatic carbocycles. The lowest BCUT2D eigenvalue weighted by molar-refractivity contribution is 0.592. The molecule has 228 valence electrons. The van der Waals surface area contributed by atoms with E-state index < -0.39 is 7.14 Å². The molecule has 8 aromatic carbocycles. The van der Waals surface area contributed by atoms with Crippen molar-refractivity contribution in [1.82, 2.24) is 0 Å². The van der Waals surface area contributed by atoms with Gasteiger partial charge in [-0.1, -0.05) is 163 Å². The summed E-state index contributed by atoms with van der Waals surface area (Å²) in [7, 11) is -3.03. The number of rotatable bonds is 5. The van der Waals surface area contributed by atoms with Crippen molar-refractivity contribution in [2.45, 2.75) is 9.79 Å². The maximum absolute atomic E-state index is 14.9. The maximum Gasteiger partial charge on any atom is 0.171 e. The zero-order valence-electron chi connectivity index (χ0n) is 26.0. The van der Waals surface area contributed by atoms with Crippen molar-refractivity contribution in [3.05, 3.63) is 182 Å². The van der Waals surface area contributed by atoms with Gasteiger partial charge in [-0.25, -0.2) is 0 Å². The van der Waals surface area contributed by atoms with Gasteiger partial charge in [0.25, 0.3) is 0 Å². The van der Waals surface area contributed by atoms with Crippen LogP contribution in [0.25, 0.3) is 32.7 Å². The Hall–Kier alpha value is -5.34. The van der Waals surface area contributed by atoms with Crippen LogP contribution >= 0.6 is 18.9 Å². The second-order valence-corrected chi connectivity index (χ2v) is 15.9. The molecular weight excluding hydrogens is 622 g/mol. The molecule has 0 saturated heterocycles. The molecule has 0 fully saturated rings. The van der Waals surface area contributed by atoms with E-state index in [1.165, 1.54) is 42.7 Å². The number of benzene rings is 8. The van der Waals surface area contributed by atoms with Gasteiger partial charge in [0.05, 0.1) is 17.1 Å². The van der Waals surface area contributed by atoms with Crippen LogP contribution < -0.4 is 20.8 Å². The fraction of sp³-hybridized carbons (Fsp3) is 0. The summed E-state index contributed by atoms with van der Waals surface area (Å²) in [4.78, 5) is 4.85. The molecule has 0 saturated carbocycles. The lowest BCUT2D eigenvalue weighted by Gasteiger charge is -2.34. The number of anilines is 3. The third-order valence-electron chi connectivity index (χ3n) is 9.32. The second-order valence-electron chi connectivity index (χ2n) is 12.1. The predicted molar refractivity (Wildman–Crippen MR) is 205 cm³/mol. The number of hydrogen-bond donors (Lipinski definition) is 0. The van der Waals surface area contributed by atoms with E-state index in [4.69, 9.17) is 0 Å². The van der Waals surface area contributed by atoms with E-state index in [1.54, 1.807) is 0 Å². The smallest absolute Gasteiger partial charge is 0.171 e. The molecule has 1 aliphatic rings. The Morgan fingerprint density at radius 1 is 0.396 bits per heavy atom. The summed E-state index contributed by atoms with van der Waals surface area (Å²) in [5, 5.41) is 7.48. The summed E-state index contributed by atoms with van der Waals surface area (Å²) >= 11 is 1.81. The van der Waals surface area contributed by atoms with Crippen molar-refractivity contribution in [3.8, 4) is 11.1 Å². The minimum atomic E-state index is -3.03. The molecule has 2 nitrogen and oxygen atoms in total. The average Bonchev–Trinajstić information content (AvgIpc) is 3.17. The normalized spacial score (nSPS) is 12.5. The lowest BCUT2D eigenvalue weighted by atomic mass is 9.98. The lowest BCUT2D eigenvalue weighted by Crippen LogP contribution is -2.24. The predicted octanol–water partition coefficient (Wildman–Crippen LogP) is 11.2. The van der Waals surface area contributed by atoms with E-state index in [2.05, 4.69) is 114 Å². The fourth-order valence-electron chi connectivity index (χ4n) is 7.00. The molecule has 0 N–H and O–H groups in total. The van der Waals surface area contributed by atoms with Crippen molar-refractivity contribution in [1.29, 1.82) is 0 Å². The largest absolute Gasteiger partial charge is 0.309 e. The molecule has 0 bridgehead atoms. The highest BCUT2D eigenvalue weighted by atomic mass is 32.2. The number of fused-ring (bicyclic) bond motifs is 5. The molecule has 8 aromatic rings. The number of para-hydroxylation sites is 1. The van der Waals surface area contributed by atoms with Crippen LogP contribution in [0.15, 0.2) is 192 Å². The van der Waals surface area contributed by atoms with E-state index in [0.717, 1.165) is 32.7 Å². The van der Waals surface area contributed by atoms with Gasteiger partial charge in [0.2, 0.25) is 0 Å². The van der Waals surface area contributed by atoms with Gasteiger partial charge in [-0.15, -0.1) is 0 Å². The van der Waals surface area contributed by atoms with Crippen molar-refractivity contribution in [3.63, 3.8) is 0 Å². The Labute approximate surface area is 284 Å². The molecule has 0 amide bonds. The fourth-order valence-corrected chi connectivity index (χ4v) is 10.7. The van der Waals surface area contributed by atoms with Gasteiger partial charge in [0.15, 0.2) is 7.14 Å². The standard InChI is InChI=1S/C44H30NOPS/c46-47(34-14-3-1-4-15-34,35-16-5-2-6-17-35)36-26-23-31(24-27-36)32-25-28-41-44(30-32)48-43-22-12-11-21-40(43)45(41)42-29-33-13-7-8-18-37(33)38-19-9-10-20-39(38)42/h1-30H. The Bertz CT molecular complexity index is 2470. The molecule has 4 heteroatoms. The highest BCUT2D eigenvalue weighted by molar-refractivity contribution is 7.99. The van der Waals surface area contributed by atoms with Gasteiger partial charge in [0.1, 0.15) is 0 Å². The summed E-state index contributed by atoms with van der Waals surface area (Å²) in [5.74, 6) is 0. The van der Waals surface area contributed by atoms with Gasteiger partial charge in [-0.3, -0.25) is 0 Å². The third kappa shape index (κ3) is 4.70. The van der Waals surface area contributed by atoms with Crippen molar-refractivity contribution in [2.24, 2.45) is 0 Å². The quantitative estimate of drug-likeness (QED) is 0.136. The third-order valence-corrected chi connectivity index (χ3v) is 13.5. The number of hydrogen-bond acceptors (Lipinski definition) is 3. The number of nitrogens with zero attached hydrogens (tertiary/aromatic N) is 1. The summed E-state index contributed by atoms with van der Waals surface area (Å²) < 4.78 is 14.9. The highest BCUT2D eigenvalue weighted by Gasteiger charge is 2.30. The van der Waals surface area contributed by atoms with Crippen LogP contribution in [-0.2, 0) is 4.57 Å². The first-order valence-electron chi connectivity index (χ1n) is 16.1. The van der Waals surface area contributed by atoms with E-state index in [-0.39, 0.29) is 0 Å². The van der Waals surface area contributed by atoms with Crippen molar-refractivity contribution < 1.29 is 4.57 Å². The molecule has 1 heterocycles. The second kappa shape index (κ2) is 11.7. The average molecular weight is 652 g/mol. The van der Waals surface area contributed by atoms with Gasteiger partial charge in [-0.05, 0) is 57.6 Å². The Morgan fingerprint density at radius 2 is 0.938 bits per heavy atom. The minimum Gasteiger partial charge on any atom is -0.309 e. The van der Waals surface area contributed by atoms with Gasteiger partial charge in [-0.2, -0.15) is 0 Å². The molecule has 0 atom stereocenters.